The number of halogens is 1. The van der Waals surface area contributed by atoms with Gasteiger partial charge in [0.05, 0.1) is 0 Å². The molecule has 104 valence electrons. The van der Waals surface area contributed by atoms with E-state index in [0.29, 0.717) is 19.2 Å². The molecular formula is C14H24ClNO2. The van der Waals surface area contributed by atoms with E-state index < -0.39 is 6.10 Å². The molecule has 4 heteroatoms. The van der Waals surface area contributed by atoms with Crippen LogP contribution in [0.1, 0.15) is 25.0 Å². The number of ether oxygens (including phenoxy) is 1. The van der Waals surface area contributed by atoms with Crippen LogP contribution in [0, 0.1) is 13.8 Å². The van der Waals surface area contributed by atoms with Gasteiger partial charge in [0.15, 0.2) is 0 Å². The lowest BCUT2D eigenvalue weighted by atomic mass is 10.1. The molecule has 0 heterocycles. The number of rotatable bonds is 6. The van der Waals surface area contributed by atoms with Crippen LogP contribution in [0.5, 0.6) is 5.75 Å². The van der Waals surface area contributed by atoms with Gasteiger partial charge in [0.1, 0.15) is 18.5 Å². The van der Waals surface area contributed by atoms with Crippen LogP contribution < -0.4 is 10.1 Å². The van der Waals surface area contributed by atoms with Crippen LogP contribution in [0.3, 0.4) is 0 Å². The Kier molecular flexibility index (Phi) is 8.00. The molecule has 0 saturated heterocycles. The van der Waals surface area contributed by atoms with Crippen LogP contribution in [0.25, 0.3) is 0 Å². The molecule has 3 nitrogen and oxygen atoms in total. The van der Waals surface area contributed by atoms with Crippen molar-refractivity contribution in [2.45, 2.75) is 39.8 Å². The van der Waals surface area contributed by atoms with Gasteiger partial charge in [0.2, 0.25) is 0 Å². The second kappa shape index (κ2) is 8.35. The summed E-state index contributed by atoms with van der Waals surface area (Å²) in [7, 11) is 0. The highest BCUT2D eigenvalue weighted by Gasteiger charge is 2.06. The Hall–Kier alpha value is -0.770. The minimum Gasteiger partial charge on any atom is -0.491 e. The van der Waals surface area contributed by atoms with E-state index in [0.717, 1.165) is 5.75 Å². The van der Waals surface area contributed by atoms with Crippen molar-refractivity contribution in [1.82, 2.24) is 5.32 Å². The predicted octanol–water partition coefficient (Wildman–Crippen LogP) is 2.46. The zero-order valence-corrected chi connectivity index (χ0v) is 12.4. The first-order chi connectivity index (χ1) is 7.99. The number of aliphatic hydroxyl groups excluding tert-OH is 1. The van der Waals surface area contributed by atoms with Gasteiger partial charge in [-0.05, 0) is 37.1 Å². The topological polar surface area (TPSA) is 41.5 Å². The summed E-state index contributed by atoms with van der Waals surface area (Å²) in [5.41, 5.74) is 2.46. The Morgan fingerprint density at radius 3 is 2.44 bits per heavy atom. The van der Waals surface area contributed by atoms with Crippen molar-refractivity contribution in [1.29, 1.82) is 0 Å². The second-order valence-electron chi connectivity index (χ2n) is 4.77. The van der Waals surface area contributed by atoms with E-state index in [4.69, 9.17) is 4.74 Å². The molecule has 0 aliphatic rings. The van der Waals surface area contributed by atoms with E-state index in [1.54, 1.807) is 0 Å². The number of hydrogen-bond acceptors (Lipinski definition) is 3. The lowest BCUT2D eigenvalue weighted by molar-refractivity contribution is 0.104. The largest absolute Gasteiger partial charge is 0.491 e. The molecule has 0 aromatic heterocycles. The molecule has 0 amide bonds. The Morgan fingerprint density at radius 1 is 1.22 bits per heavy atom. The summed E-state index contributed by atoms with van der Waals surface area (Å²) in [5, 5.41) is 12.9. The molecule has 1 atom stereocenters. The Labute approximate surface area is 116 Å². The summed E-state index contributed by atoms with van der Waals surface area (Å²) in [4.78, 5) is 0. The molecule has 1 rings (SSSR count). The first-order valence-electron chi connectivity index (χ1n) is 6.10. The highest BCUT2D eigenvalue weighted by atomic mass is 35.5. The molecule has 1 unspecified atom stereocenters. The predicted molar refractivity (Wildman–Crippen MR) is 77.8 cm³/mol. The van der Waals surface area contributed by atoms with Gasteiger partial charge >= 0.3 is 0 Å². The van der Waals surface area contributed by atoms with Crippen LogP contribution in [-0.4, -0.2) is 30.4 Å². The normalized spacial score (nSPS) is 12.1. The summed E-state index contributed by atoms with van der Waals surface area (Å²) in [6.45, 7) is 9.11. The van der Waals surface area contributed by atoms with E-state index in [1.165, 1.54) is 11.1 Å². The highest BCUT2D eigenvalue weighted by Crippen LogP contribution is 2.16. The number of benzene rings is 1. The first-order valence-corrected chi connectivity index (χ1v) is 6.10. The smallest absolute Gasteiger partial charge is 0.119 e. The number of hydrogen-bond donors (Lipinski definition) is 2. The third-order valence-corrected chi connectivity index (χ3v) is 2.68. The Balaban J connectivity index is 0.00000289. The van der Waals surface area contributed by atoms with Crippen LogP contribution in [0.2, 0.25) is 0 Å². The first kappa shape index (κ1) is 17.2. The maximum Gasteiger partial charge on any atom is 0.119 e. The standard InChI is InChI=1S/C14H23NO2.ClH/c1-10(2)15-8-13(16)9-17-14-6-5-11(3)12(4)7-14;/h5-7,10,13,15-16H,8-9H2,1-4H3;1H. The zero-order chi connectivity index (χ0) is 12.8. The molecule has 0 bridgehead atoms. The lowest BCUT2D eigenvalue weighted by Gasteiger charge is -2.15. The minimum absolute atomic E-state index is 0. The van der Waals surface area contributed by atoms with Crippen molar-refractivity contribution in [3.8, 4) is 5.75 Å². The van der Waals surface area contributed by atoms with Gasteiger partial charge in [0, 0.05) is 12.6 Å². The van der Waals surface area contributed by atoms with Gasteiger partial charge < -0.3 is 15.2 Å². The molecular weight excluding hydrogens is 250 g/mol. The molecule has 0 aliphatic carbocycles. The van der Waals surface area contributed by atoms with Crippen LogP contribution in [0.4, 0.5) is 0 Å². The van der Waals surface area contributed by atoms with Gasteiger partial charge in [-0.25, -0.2) is 0 Å². The van der Waals surface area contributed by atoms with E-state index in [9.17, 15) is 5.11 Å². The third-order valence-electron chi connectivity index (χ3n) is 2.68. The number of nitrogens with one attached hydrogen (secondary N) is 1. The van der Waals surface area contributed by atoms with Crippen molar-refractivity contribution in [3.05, 3.63) is 29.3 Å². The van der Waals surface area contributed by atoms with E-state index in [-0.39, 0.29) is 12.4 Å². The second-order valence-corrected chi connectivity index (χ2v) is 4.77. The lowest BCUT2D eigenvalue weighted by Crippen LogP contribution is -2.35. The maximum atomic E-state index is 9.70. The monoisotopic (exact) mass is 273 g/mol. The molecule has 0 saturated carbocycles. The highest BCUT2D eigenvalue weighted by molar-refractivity contribution is 5.85. The van der Waals surface area contributed by atoms with Crippen LogP contribution in [-0.2, 0) is 0 Å². The Morgan fingerprint density at radius 2 is 1.89 bits per heavy atom. The average Bonchev–Trinajstić information content (AvgIpc) is 2.28. The van der Waals surface area contributed by atoms with E-state index >= 15 is 0 Å². The van der Waals surface area contributed by atoms with Crippen molar-refractivity contribution in [2.24, 2.45) is 0 Å². The molecule has 0 fully saturated rings. The summed E-state index contributed by atoms with van der Waals surface area (Å²) in [6.07, 6.45) is -0.473. The third kappa shape index (κ3) is 6.24. The SMILES string of the molecule is Cc1ccc(OCC(O)CNC(C)C)cc1C.Cl. The van der Waals surface area contributed by atoms with E-state index in [2.05, 4.69) is 33.0 Å². The van der Waals surface area contributed by atoms with Crippen molar-refractivity contribution in [2.75, 3.05) is 13.2 Å². The quantitative estimate of drug-likeness (QED) is 0.837. The summed E-state index contributed by atoms with van der Waals surface area (Å²) >= 11 is 0. The van der Waals surface area contributed by atoms with Gasteiger partial charge in [0.25, 0.3) is 0 Å². The summed E-state index contributed by atoms with van der Waals surface area (Å²) in [6, 6.07) is 6.35. The number of aryl methyl sites for hydroxylation is 2. The van der Waals surface area contributed by atoms with Crippen molar-refractivity contribution < 1.29 is 9.84 Å². The minimum atomic E-state index is -0.473. The van der Waals surface area contributed by atoms with Crippen molar-refractivity contribution >= 4 is 12.4 Å². The molecule has 1 aromatic rings. The zero-order valence-electron chi connectivity index (χ0n) is 11.6. The van der Waals surface area contributed by atoms with Crippen LogP contribution >= 0.6 is 12.4 Å². The molecule has 18 heavy (non-hydrogen) atoms. The molecule has 2 N–H and O–H groups in total. The molecule has 0 aliphatic heterocycles. The van der Waals surface area contributed by atoms with Gasteiger partial charge in [-0.1, -0.05) is 19.9 Å². The van der Waals surface area contributed by atoms with Gasteiger partial charge in [-0.15, -0.1) is 12.4 Å². The van der Waals surface area contributed by atoms with Crippen molar-refractivity contribution in [3.63, 3.8) is 0 Å². The van der Waals surface area contributed by atoms with E-state index in [1.807, 2.05) is 18.2 Å². The fraction of sp³-hybridized carbons (Fsp3) is 0.571. The summed E-state index contributed by atoms with van der Waals surface area (Å²) < 4.78 is 5.55. The molecule has 0 spiro atoms. The Bertz CT molecular complexity index is 356. The fourth-order valence-electron chi connectivity index (χ4n) is 1.43. The fourth-order valence-corrected chi connectivity index (χ4v) is 1.43. The van der Waals surface area contributed by atoms with Crippen LogP contribution in [0.15, 0.2) is 18.2 Å². The molecule has 0 radical (unpaired) electrons. The summed E-state index contributed by atoms with van der Waals surface area (Å²) in [5.74, 6) is 0.816. The van der Waals surface area contributed by atoms with Gasteiger partial charge in [-0.3, -0.25) is 0 Å². The number of aliphatic hydroxyl groups is 1. The maximum absolute atomic E-state index is 9.70. The van der Waals surface area contributed by atoms with Gasteiger partial charge in [-0.2, -0.15) is 0 Å². The molecule has 1 aromatic carbocycles. The average molecular weight is 274 g/mol.